The molecule has 2 fully saturated rings. The minimum Gasteiger partial charge on any atom is -0.380 e. The number of likely N-dealkylation sites (tertiary alicyclic amines) is 2. The lowest BCUT2D eigenvalue weighted by atomic mass is 10.1. The molecule has 2 aromatic rings. The Morgan fingerprint density at radius 3 is 3.07 bits per heavy atom. The number of nitriles is 1. The standard InChI is InChI=1S/C20H21F2N5O/c21-13-7-17-18(24-9-13)2-1-3-19(17)25-15-4-5-26(11-15)12-20(28)27-10-14(22)6-16(27)8-23/h1-3,7,9,14-16,25H,4-6,10-12H2/t14-,15-,16-/m0/s1. The zero-order chi connectivity index (χ0) is 19.7. The number of amides is 1. The fourth-order valence-electron chi connectivity index (χ4n) is 4.03. The summed E-state index contributed by atoms with van der Waals surface area (Å²) in [5.74, 6) is -0.590. The summed E-state index contributed by atoms with van der Waals surface area (Å²) < 4.78 is 27.1. The van der Waals surface area contributed by atoms with Gasteiger partial charge in [-0.25, -0.2) is 8.78 Å². The quantitative estimate of drug-likeness (QED) is 0.875. The summed E-state index contributed by atoms with van der Waals surface area (Å²) in [6.45, 7) is 1.55. The normalized spacial score (nSPS) is 25.2. The number of pyridine rings is 1. The number of rotatable bonds is 4. The first-order chi connectivity index (χ1) is 13.5. The summed E-state index contributed by atoms with van der Waals surface area (Å²) in [5, 5.41) is 13.3. The second-order valence-corrected chi connectivity index (χ2v) is 7.41. The summed E-state index contributed by atoms with van der Waals surface area (Å²) in [4.78, 5) is 19.9. The first-order valence-electron chi connectivity index (χ1n) is 9.40. The van der Waals surface area contributed by atoms with Crippen molar-refractivity contribution in [3.8, 4) is 6.07 Å². The Morgan fingerprint density at radius 1 is 1.39 bits per heavy atom. The van der Waals surface area contributed by atoms with Crippen molar-refractivity contribution in [1.82, 2.24) is 14.8 Å². The molecular formula is C20H21F2N5O. The summed E-state index contributed by atoms with van der Waals surface area (Å²) in [6.07, 6.45) is 1.00. The average Bonchev–Trinajstić information content (AvgIpc) is 3.28. The molecule has 0 bridgehead atoms. The zero-order valence-electron chi connectivity index (χ0n) is 15.3. The van der Waals surface area contributed by atoms with Crippen LogP contribution in [0.2, 0.25) is 0 Å². The molecule has 3 atom stereocenters. The third kappa shape index (κ3) is 3.76. The van der Waals surface area contributed by atoms with Gasteiger partial charge in [0, 0.05) is 36.6 Å². The number of aromatic nitrogens is 1. The van der Waals surface area contributed by atoms with Gasteiger partial charge in [0.1, 0.15) is 18.0 Å². The van der Waals surface area contributed by atoms with Gasteiger partial charge in [-0.3, -0.25) is 14.7 Å². The van der Waals surface area contributed by atoms with E-state index >= 15 is 0 Å². The monoisotopic (exact) mass is 385 g/mol. The van der Waals surface area contributed by atoms with Crippen molar-refractivity contribution in [2.24, 2.45) is 0 Å². The number of nitrogens with zero attached hydrogens (tertiary/aromatic N) is 4. The molecule has 2 aliphatic heterocycles. The van der Waals surface area contributed by atoms with E-state index in [-0.39, 0.29) is 37.3 Å². The van der Waals surface area contributed by atoms with Gasteiger partial charge in [0.05, 0.1) is 30.9 Å². The molecule has 1 aromatic heterocycles. The van der Waals surface area contributed by atoms with Crippen LogP contribution in [0.15, 0.2) is 30.5 Å². The molecule has 0 unspecified atom stereocenters. The lowest BCUT2D eigenvalue weighted by molar-refractivity contribution is -0.132. The van der Waals surface area contributed by atoms with E-state index in [4.69, 9.17) is 5.26 Å². The Labute approximate surface area is 161 Å². The highest BCUT2D eigenvalue weighted by atomic mass is 19.1. The van der Waals surface area contributed by atoms with Crippen molar-refractivity contribution in [2.45, 2.75) is 31.1 Å². The smallest absolute Gasteiger partial charge is 0.237 e. The minimum absolute atomic E-state index is 0.00114. The van der Waals surface area contributed by atoms with Crippen molar-refractivity contribution >= 4 is 22.5 Å². The molecule has 6 nitrogen and oxygen atoms in total. The maximum atomic E-state index is 13.6. The van der Waals surface area contributed by atoms with Gasteiger partial charge in [0.25, 0.3) is 0 Å². The summed E-state index contributed by atoms with van der Waals surface area (Å²) in [6, 6.07) is 8.51. The van der Waals surface area contributed by atoms with Crippen LogP contribution < -0.4 is 5.32 Å². The van der Waals surface area contributed by atoms with E-state index < -0.39 is 12.2 Å². The van der Waals surface area contributed by atoms with Gasteiger partial charge in [0.2, 0.25) is 5.91 Å². The van der Waals surface area contributed by atoms with Crippen molar-refractivity contribution in [2.75, 3.05) is 31.5 Å². The van der Waals surface area contributed by atoms with Crippen LogP contribution in [0.3, 0.4) is 0 Å². The first kappa shape index (κ1) is 18.6. The lowest BCUT2D eigenvalue weighted by Crippen LogP contribution is -2.42. The summed E-state index contributed by atoms with van der Waals surface area (Å²) in [7, 11) is 0. The molecule has 1 N–H and O–H groups in total. The largest absolute Gasteiger partial charge is 0.380 e. The van der Waals surface area contributed by atoms with Crippen LogP contribution in [0.5, 0.6) is 0 Å². The van der Waals surface area contributed by atoms with Crippen molar-refractivity contribution in [3.05, 3.63) is 36.3 Å². The molecule has 2 saturated heterocycles. The number of carbonyl (C=O) groups is 1. The summed E-state index contributed by atoms with van der Waals surface area (Å²) in [5.41, 5.74) is 1.53. The molecule has 146 valence electrons. The van der Waals surface area contributed by atoms with E-state index in [1.54, 1.807) is 0 Å². The van der Waals surface area contributed by atoms with E-state index in [1.807, 2.05) is 29.2 Å². The predicted molar refractivity (Wildman–Crippen MR) is 101 cm³/mol. The van der Waals surface area contributed by atoms with Gasteiger partial charge in [-0.15, -0.1) is 0 Å². The number of hydrogen-bond donors (Lipinski definition) is 1. The number of carbonyl (C=O) groups excluding carboxylic acids is 1. The second kappa shape index (κ2) is 7.68. The Bertz CT molecular complexity index is 930. The number of fused-ring (bicyclic) bond motifs is 1. The Kier molecular flexibility index (Phi) is 5.09. The van der Waals surface area contributed by atoms with Crippen molar-refractivity contribution in [3.63, 3.8) is 0 Å². The van der Waals surface area contributed by atoms with Gasteiger partial charge in [0.15, 0.2) is 0 Å². The highest BCUT2D eigenvalue weighted by molar-refractivity contribution is 5.91. The second-order valence-electron chi connectivity index (χ2n) is 7.41. The number of alkyl halides is 1. The first-order valence-corrected chi connectivity index (χ1v) is 9.40. The van der Waals surface area contributed by atoms with Crippen molar-refractivity contribution < 1.29 is 13.6 Å². The SMILES string of the molecule is N#C[C@@H]1C[C@H](F)CN1C(=O)CN1CC[C@H](Nc2cccc3ncc(F)cc23)C1. The minimum atomic E-state index is -1.12. The van der Waals surface area contributed by atoms with Gasteiger partial charge >= 0.3 is 0 Å². The van der Waals surface area contributed by atoms with Gasteiger partial charge in [-0.05, 0) is 24.6 Å². The molecule has 0 spiro atoms. The van der Waals surface area contributed by atoms with Gasteiger partial charge < -0.3 is 10.2 Å². The molecule has 3 heterocycles. The maximum absolute atomic E-state index is 13.6. The van der Waals surface area contributed by atoms with Gasteiger partial charge in [-0.1, -0.05) is 6.07 Å². The third-order valence-corrected chi connectivity index (χ3v) is 5.40. The molecule has 2 aliphatic rings. The molecule has 1 aromatic carbocycles. The topological polar surface area (TPSA) is 72.3 Å². The third-order valence-electron chi connectivity index (χ3n) is 5.40. The number of anilines is 1. The highest BCUT2D eigenvalue weighted by Crippen LogP contribution is 2.25. The van der Waals surface area contributed by atoms with E-state index in [0.29, 0.717) is 12.1 Å². The number of nitrogens with one attached hydrogen (secondary N) is 1. The fourth-order valence-corrected chi connectivity index (χ4v) is 4.03. The molecule has 28 heavy (non-hydrogen) atoms. The van der Waals surface area contributed by atoms with Crippen LogP contribution in [0.1, 0.15) is 12.8 Å². The molecule has 0 saturated carbocycles. The highest BCUT2D eigenvalue weighted by Gasteiger charge is 2.36. The molecule has 0 radical (unpaired) electrons. The lowest BCUT2D eigenvalue weighted by Gasteiger charge is -2.23. The number of hydrogen-bond acceptors (Lipinski definition) is 5. The number of benzene rings is 1. The van der Waals surface area contributed by atoms with E-state index in [1.165, 1.54) is 17.2 Å². The Balaban J connectivity index is 1.38. The molecule has 0 aliphatic carbocycles. The summed E-state index contributed by atoms with van der Waals surface area (Å²) >= 11 is 0. The maximum Gasteiger partial charge on any atom is 0.237 e. The Morgan fingerprint density at radius 2 is 2.25 bits per heavy atom. The van der Waals surface area contributed by atoms with Crippen LogP contribution in [0, 0.1) is 17.1 Å². The molecule has 8 heteroatoms. The van der Waals surface area contributed by atoms with Crippen molar-refractivity contribution in [1.29, 1.82) is 5.26 Å². The van der Waals surface area contributed by atoms with Gasteiger partial charge in [-0.2, -0.15) is 5.26 Å². The number of halogens is 2. The van der Waals surface area contributed by atoms with Crippen LogP contribution in [-0.2, 0) is 4.79 Å². The van der Waals surface area contributed by atoms with Crippen LogP contribution >= 0.6 is 0 Å². The van der Waals surface area contributed by atoms with E-state index in [9.17, 15) is 13.6 Å². The van der Waals surface area contributed by atoms with Crippen LogP contribution in [-0.4, -0.2) is 65.1 Å². The zero-order valence-corrected chi connectivity index (χ0v) is 15.3. The van der Waals surface area contributed by atoms with Crippen LogP contribution in [0.25, 0.3) is 10.9 Å². The van der Waals surface area contributed by atoms with Crippen LogP contribution in [0.4, 0.5) is 14.5 Å². The molecule has 4 rings (SSSR count). The molecular weight excluding hydrogens is 364 g/mol. The van der Waals surface area contributed by atoms with E-state index in [0.717, 1.165) is 24.0 Å². The fraction of sp³-hybridized carbons (Fsp3) is 0.450. The average molecular weight is 385 g/mol. The Hall–Kier alpha value is -2.79. The van der Waals surface area contributed by atoms with E-state index in [2.05, 4.69) is 10.3 Å². The predicted octanol–water partition coefficient (Wildman–Crippen LogP) is 2.32. The molecule has 1 amide bonds.